The average molecular weight is 430 g/mol. The number of benzene rings is 2. The second-order valence-corrected chi connectivity index (χ2v) is 9.91. The molecule has 0 unspecified atom stereocenters. The van der Waals surface area contributed by atoms with Gasteiger partial charge in [0.15, 0.2) is 0 Å². The highest BCUT2D eigenvalue weighted by molar-refractivity contribution is 7.89. The molecule has 0 aliphatic rings. The lowest BCUT2D eigenvalue weighted by atomic mass is 9.87. The van der Waals surface area contributed by atoms with Crippen molar-refractivity contribution in [3.63, 3.8) is 0 Å². The molecular formula is C22H27N3O4S. The molecule has 0 radical (unpaired) electrons. The number of ether oxygens (including phenoxy) is 1. The van der Waals surface area contributed by atoms with Crippen LogP contribution in [0.3, 0.4) is 0 Å². The van der Waals surface area contributed by atoms with Gasteiger partial charge in [0.2, 0.25) is 21.7 Å². The van der Waals surface area contributed by atoms with Crippen molar-refractivity contribution in [3.8, 4) is 17.1 Å². The second kappa shape index (κ2) is 8.20. The monoisotopic (exact) mass is 429 g/mol. The minimum Gasteiger partial charge on any atom is -0.496 e. The smallest absolute Gasteiger partial charge is 0.242 e. The fourth-order valence-electron chi connectivity index (χ4n) is 3.08. The van der Waals surface area contributed by atoms with Gasteiger partial charge in [0, 0.05) is 5.56 Å². The molecule has 0 saturated heterocycles. The van der Waals surface area contributed by atoms with Gasteiger partial charge in [-0.1, -0.05) is 50.2 Å². The second-order valence-electron chi connectivity index (χ2n) is 8.18. The lowest BCUT2D eigenvalue weighted by Crippen LogP contribution is -2.24. The quantitative estimate of drug-likeness (QED) is 0.633. The standard InChI is InChI=1S/C22H27N3O4S/c1-14-15(2)19(12-11-18(14)28-6)30(26,27)23-13-20-24-21(25-29-20)16-7-9-17(10-8-16)22(3,4)5/h7-12,23H,13H2,1-6H3. The summed E-state index contributed by atoms with van der Waals surface area (Å²) in [7, 11) is -2.19. The van der Waals surface area contributed by atoms with Crippen molar-refractivity contribution in [3.05, 3.63) is 59.0 Å². The number of hydrogen-bond acceptors (Lipinski definition) is 6. The maximum absolute atomic E-state index is 12.7. The maximum atomic E-state index is 12.7. The Bertz CT molecular complexity index is 1140. The van der Waals surface area contributed by atoms with E-state index < -0.39 is 10.0 Å². The number of methoxy groups -OCH3 is 1. The predicted octanol–water partition coefficient (Wildman–Crippen LogP) is 4.14. The molecule has 0 atom stereocenters. The van der Waals surface area contributed by atoms with E-state index in [9.17, 15) is 8.42 Å². The largest absolute Gasteiger partial charge is 0.496 e. The molecule has 30 heavy (non-hydrogen) atoms. The van der Waals surface area contributed by atoms with Crippen LogP contribution in [0, 0.1) is 13.8 Å². The third-order valence-electron chi connectivity index (χ3n) is 5.09. The number of sulfonamides is 1. The molecule has 0 aliphatic heterocycles. The van der Waals surface area contributed by atoms with E-state index in [4.69, 9.17) is 9.26 Å². The molecule has 1 N–H and O–H groups in total. The normalized spacial score (nSPS) is 12.2. The van der Waals surface area contributed by atoms with Gasteiger partial charge in [-0.2, -0.15) is 4.98 Å². The van der Waals surface area contributed by atoms with E-state index in [0.717, 1.165) is 11.1 Å². The van der Waals surface area contributed by atoms with Crippen LogP contribution in [-0.4, -0.2) is 25.7 Å². The first-order valence-electron chi connectivity index (χ1n) is 9.60. The Labute approximate surface area is 177 Å². The minimum atomic E-state index is -3.75. The molecule has 8 heteroatoms. The molecule has 0 saturated carbocycles. The third-order valence-corrected chi connectivity index (χ3v) is 6.63. The predicted molar refractivity (Wildman–Crippen MR) is 115 cm³/mol. The first kappa shape index (κ1) is 22.0. The Morgan fingerprint density at radius 3 is 2.30 bits per heavy atom. The molecule has 7 nitrogen and oxygen atoms in total. The maximum Gasteiger partial charge on any atom is 0.242 e. The van der Waals surface area contributed by atoms with E-state index in [1.165, 1.54) is 11.6 Å². The first-order chi connectivity index (χ1) is 14.0. The van der Waals surface area contributed by atoms with Crippen LogP contribution in [0.1, 0.15) is 43.4 Å². The Hall–Kier alpha value is -2.71. The summed E-state index contributed by atoms with van der Waals surface area (Å²) in [5.74, 6) is 1.25. The zero-order chi connectivity index (χ0) is 22.1. The van der Waals surface area contributed by atoms with Crippen molar-refractivity contribution in [2.75, 3.05) is 7.11 Å². The van der Waals surface area contributed by atoms with Gasteiger partial charge in [-0.05, 0) is 48.1 Å². The number of nitrogens with zero attached hydrogens (tertiary/aromatic N) is 2. The van der Waals surface area contributed by atoms with Gasteiger partial charge in [0.05, 0.1) is 18.6 Å². The average Bonchev–Trinajstić information content (AvgIpc) is 3.17. The molecule has 160 valence electrons. The number of rotatable bonds is 6. The van der Waals surface area contributed by atoms with Crippen molar-refractivity contribution in [1.82, 2.24) is 14.9 Å². The van der Waals surface area contributed by atoms with Crippen LogP contribution in [0.15, 0.2) is 45.8 Å². The Morgan fingerprint density at radius 1 is 1.03 bits per heavy atom. The molecule has 0 spiro atoms. The molecule has 0 fully saturated rings. The molecule has 1 aromatic heterocycles. The van der Waals surface area contributed by atoms with Gasteiger partial charge in [-0.15, -0.1) is 0 Å². The van der Waals surface area contributed by atoms with Crippen molar-refractivity contribution < 1.29 is 17.7 Å². The Morgan fingerprint density at radius 2 is 1.70 bits per heavy atom. The summed E-state index contributed by atoms with van der Waals surface area (Å²) in [6.45, 7) is 9.91. The zero-order valence-electron chi connectivity index (χ0n) is 18.1. The van der Waals surface area contributed by atoms with Gasteiger partial charge in [0.25, 0.3) is 0 Å². The lowest BCUT2D eigenvalue weighted by Gasteiger charge is -2.18. The number of aromatic nitrogens is 2. The highest BCUT2D eigenvalue weighted by Crippen LogP contribution is 2.27. The summed E-state index contributed by atoms with van der Waals surface area (Å²) in [5.41, 5.74) is 3.47. The summed E-state index contributed by atoms with van der Waals surface area (Å²) >= 11 is 0. The minimum absolute atomic E-state index is 0.0527. The van der Waals surface area contributed by atoms with Gasteiger partial charge < -0.3 is 9.26 Å². The summed E-state index contributed by atoms with van der Waals surface area (Å²) < 4.78 is 38.5. The fraction of sp³-hybridized carbons (Fsp3) is 0.364. The molecule has 1 heterocycles. The number of hydrogen-bond donors (Lipinski definition) is 1. The molecule has 0 aliphatic carbocycles. The summed E-state index contributed by atoms with van der Waals surface area (Å²) in [5, 5.41) is 3.97. The van der Waals surface area contributed by atoms with E-state index >= 15 is 0 Å². The van der Waals surface area contributed by atoms with Crippen LogP contribution in [0.2, 0.25) is 0 Å². The van der Waals surface area contributed by atoms with E-state index in [2.05, 4.69) is 35.6 Å². The van der Waals surface area contributed by atoms with Gasteiger partial charge in [-0.25, -0.2) is 13.1 Å². The first-order valence-corrected chi connectivity index (χ1v) is 11.1. The molecule has 3 aromatic rings. The molecular weight excluding hydrogens is 402 g/mol. The molecule has 0 bridgehead atoms. The Balaban J connectivity index is 1.74. The van der Waals surface area contributed by atoms with E-state index in [1.54, 1.807) is 20.1 Å². The summed E-state index contributed by atoms with van der Waals surface area (Å²) in [4.78, 5) is 4.50. The highest BCUT2D eigenvalue weighted by atomic mass is 32.2. The van der Waals surface area contributed by atoms with Crippen LogP contribution in [0.5, 0.6) is 5.75 Å². The van der Waals surface area contributed by atoms with Gasteiger partial charge in [0.1, 0.15) is 5.75 Å². The van der Waals surface area contributed by atoms with Crippen molar-refractivity contribution in [2.45, 2.75) is 51.5 Å². The van der Waals surface area contributed by atoms with E-state index in [1.807, 2.05) is 31.2 Å². The van der Waals surface area contributed by atoms with Gasteiger partial charge in [-0.3, -0.25) is 0 Å². The summed E-state index contributed by atoms with van der Waals surface area (Å²) in [6, 6.07) is 11.1. The van der Waals surface area contributed by atoms with Crippen LogP contribution in [-0.2, 0) is 22.0 Å². The Kier molecular flexibility index (Phi) is 6.01. The fourth-order valence-corrected chi connectivity index (χ4v) is 4.35. The van der Waals surface area contributed by atoms with Crippen LogP contribution in [0.25, 0.3) is 11.4 Å². The highest BCUT2D eigenvalue weighted by Gasteiger charge is 2.21. The van der Waals surface area contributed by atoms with Crippen LogP contribution < -0.4 is 9.46 Å². The van der Waals surface area contributed by atoms with Crippen molar-refractivity contribution in [2.24, 2.45) is 0 Å². The summed E-state index contributed by atoms with van der Waals surface area (Å²) in [6.07, 6.45) is 0. The van der Waals surface area contributed by atoms with Crippen LogP contribution in [0.4, 0.5) is 0 Å². The molecule has 0 amide bonds. The van der Waals surface area contributed by atoms with Crippen molar-refractivity contribution >= 4 is 10.0 Å². The van der Waals surface area contributed by atoms with Crippen LogP contribution >= 0.6 is 0 Å². The SMILES string of the molecule is COc1ccc(S(=O)(=O)NCc2nc(-c3ccc(C(C)(C)C)cc3)no2)c(C)c1C. The lowest BCUT2D eigenvalue weighted by molar-refractivity contribution is 0.376. The zero-order valence-corrected chi connectivity index (χ0v) is 18.9. The van der Waals surface area contributed by atoms with E-state index in [0.29, 0.717) is 17.1 Å². The molecule has 2 aromatic carbocycles. The van der Waals surface area contributed by atoms with E-state index in [-0.39, 0.29) is 22.7 Å². The topological polar surface area (TPSA) is 94.3 Å². The third kappa shape index (κ3) is 4.55. The van der Waals surface area contributed by atoms with Crippen molar-refractivity contribution in [1.29, 1.82) is 0 Å². The molecule has 3 rings (SSSR count). The number of nitrogens with one attached hydrogen (secondary N) is 1. The van der Waals surface area contributed by atoms with Gasteiger partial charge >= 0.3 is 0 Å².